The van der Waals surface area contributed by atoms with Crippen molar-refractivity contribution in [2.45, 2.75) is 62.8 Å². The van der Waals surface area contributed by atoms with Crippen LogP contribution in [0.25, 0.3) is 0 Å². The van der Waals surface area contributed by atoms with E-state index in [-0.39, 0.29) is 10.8 Å². The van der Waals surface area contributed by atoms with Gasteiger partial charge in [-0.15, -0.1) is 0 Å². The summed E-state index contributed by atoms with van der Waals surface area (Å²) in [5, 5.41) is 5.35. The number of aryl methyl sites for hydroxylation is 1. The first kappa shape index (κ1) is 22.7. The molecule has 3 aliphatic rings. The minimum Gasteiger partial charge on any atom is -0.324 e. The number of hydrogen-bond donors (Lipinski definition) is 2. The molecule has 0 aromatic heterocycles. The molecule has 1 aromatic rings. The van der Waals surface area contributed by atoms with Gasteiger partial charge in [-0.3, -0.25) is 14.5 Å². The topological polar surface area (TPSA) is 116 Å². The normalized spacial score (nSPS) is 24.9. The molecule has 4 rings (SSSR count). The summed E-state index contributed by atoms with van der Waals surface area (Å²) in [5.41, 5.74) is -0.0390. The number of nitrogens with one attached hydrogen (secondary N) is 2. The Morgan fingerprint density at radius 2 is 1.81 bits per heavy atom. The van der Waals surface area contributed by atoms with Crippen molar-refractivity contribution in [2.24, 2.45) is 5.92 Å². The van der Waals surface area contributed by atoms with Crippen molar-refractivity contribution in [3.8, 4) is 0 Å². The van der Waals surface area contributed by atoms with E-state index in [1.165, 1.54) is 10.4 Å². The van der Waals surface area contributed by atoms with Gasteiger partial charge in [0.05, 0.1) is 4.90 Å². The van der Waals surface area contributed by atoms with Crippen molar-refractivity contribution in [1.82, 2.24) is 14.5 Å². The van der Waals surface area contributed by atoms with Gasteiger partial charge in [-0.2, -0.15) is 4.31 Å². The van der Waals surface area contributed by atoms with Gasteiger partial charge in [-0.1, -0.05) is 18.9 Å². The molecule has 1 aliphatic carbocycles. The molecule has 1 unspecified atom stereocenters. The second-order valence-electron chi connectivity index (χ2n) is 9.14. The second-order valence-corrected chi connectivity index (χ2v) is 11.1. The quantitative estimate of drug-likeness (QED) is 0.629. The third kappa shape index (κ3) is 4.25. The Kier molecular flexibility index (Phi) is 6.02. The Morgan fingerprint density at radius 1 is 1.16 bits per heavy atom. The van der Waals surface area contributed by atoms with Crippen LogP contribution in [0.4, 0.5) is 10.5 Å². The lowest BCUT2D eigenvalue weighted by atomic mass is 9.96. The van der Waals surface area contributed by atoms with Gasteiger partial charge in [0.15, 0.2) is 0 Å². The van der Waals surface area contributed by atoms with E-state index < -0.39 is 40.0 Å². The first-order valence-corrected chi connectivity index (χ1v) is 12.6. The third-order valence-corrected chi connectivity index (χ3v) is 8.69. The number of sulfonamides is 1. The standard InChI is InChI=1S/C22H30N4O5S/c1-15-7-10-17(13-18(15)32(30,31)25-11-5-3-4-6-12-25)23-19(27)14-26-20(28)22(2,16-8-9-16)24-21(26)29/h7,10,13,16H,3-6,8-9,11-12,14H2,1-2H3,(H,23,27)(H,24,29). The van der Waals surface area contributed by atoms with Crippen LogP contribution >= 0.6 is 0 Å². The van der Waals surface area contributed by atoms with Crippen LogP contribution in [0.5, 0.6) is 0 Å². The molecule has 0 radical (unpaired) electrons. The van der Waals surface area contributed by atoms with Crippen LogP contribution in [-0.4, -0.2) is 60.6 Å². The smallest absolute Gasteiger partial charge is 0.324 e. The van der Waals surface area contributed by atoms with Gasteiger partial charge in [0.1, 0.15) is 12.1 Å². The van der Waals surface area contributed by atoms with Gasteiger partial charge in [0.25, 0.3) is 5.91 Å². The molecule has 3 fully saturated rings. The maximum absolute atomic E-state index is 13.2. The van der Waals surface area contributed by atoms with E-state index in [1.807, 2.05) is 0 Å². The summed E-state index contributed by atoms with van der Waals surface area (Å²) in [6.45, 7) is 3.98. The maximum atomic E-state index is 13.2. The Balaban J connectivity index is 1.47. The first-order valence-electron chi connectivity index (χ1n) is 11.2. The SMILES string of the molecule is Cc1ccc(NC(=O)CN2C(=O)NC(C)(C3CC3)C2=O)cc1S(=O)(=O)N1CCCCCC1. The average Bonchev–Trinajstić information content (AvgIpc) is 3.57. The number of benzene rings is 1. The second kappa shape index (κ2) is 8.47. The molecular weight excluding hydrogens is 432 g/mol. The fourth-order valence-corrected chi connectivity index (χ4v) is 6.29. The van der Waals surface area contributed by atoms with Crippen LogP contribution in [0, 0.1) is 12.8 Å². The van der Waals surface area contributed by atoms with Gasteiger partial charge >= 0.3 is 6.03 Å². The predicted molar refractivity (Wildman–Crippen MR) is 118 cm³/mol. The van der Waals surface area contributed by atoms with Gasteiger partial charge in [-0.05, 0) is 63.1 Å². The Bertz CT molecular complexity index is 1040. The van der Waals surface area contributed by atoms with E-state index in [2.05, 4.69) is 10.6 Å². The van der Waals surface area contributed by atoms with Crippen molar-refractivity contribution >= 4 is 33.6 Å². The maximum Gasteiger partial charge on any atom is 0.325 e. The van der Waals surface area contributed by atoms with Crippen molar-refractivity contribution < 1.29 is 22.8 Å². The van der Waals surface area contributed by atoms with Gasteiger partial charge in [-0.25, -0.2) is 13.2 Å². The zero-order valence-corrected chi connectivity index (χ0v) is 19.3. The molecular formula is C22H30N4O5S. The number of nitrogens with zero attached hydrogens (tertiary/aromatic N) is 2. The molecule has 4 amide bonds. The van der Waals surface area contributed by atoms with Crippen molar-refractivity contribution in [3.05, 3.63) is 23.8 Å². The lowest BCUT2D eigenvalue weighted by Gasteiger charge is -2.22. The molecule has 0 spiro atoms. The number of rotatable bonds is 6. The number of carbonyl (C=O) groups excluding carboxylic acids is 3. The van der Waals surface area contributed by atoms with Crippen molar-refractivity contribution in [2.75, 3.05) is 25.0 Å². The van der Waals surface area contributed by atoms with E-state index >= 15 is 0 Å². The van der Waals surface area contributed by atoms with Crippen LogP contribution in [0.2, 0.25) is 0 Å². The molecule has 2 aliphatic heterocycles. The van der Waals surface area contributed by atoms with Crippen LogP contribution in [0.15, 0.2) is 23.1 Å². The first-order chi connectivity index (χ1) is 15.1. The van der Waals surface area contributed by atoms with E-state index in [9.17, 15) is 22.8 Å². The molecule has 2 saturated heterocycles. The minimum atomic E-state index is -3.68. The number of imide groups is 1. The Labute approximate surface area is 188 Å². The summed E-state index contributed by atoms with van der Waals surface area (Å²) in [6.07, 6.45) is 5.45. The number of hydrogen-bond acceptors (Lipinski definition) is 5. The number of carbonyl (C=O) groups is 3. The summed E-state index contributed by atoms with van der Waals surface area (Å²) in [4.78, 5) is 38.7. The van der Waals surface area contributed by atoms with E-state index in [0.717, 1.165) is 43.4 Å². The van der Waals surface area contributed by atoms with Crippen LogP contribution in [-0.2, 0) is 19.6 Å². The molecule has 0 bridgehead atoms. The number of urea groups is 1. The van der Waals surface area contributed by atoms with Gasteiger partial charge in [0, 0.05) is 18.8 Å². The van der Waals surface area contributed by atoms with Crippen LogP contribution in [0.1, 0.15) is 51.0 Å². The summed E-state index contributed by atoms with van der Waals surface area (Å²) < 4.78 is 27.9. The third-order valence-electron chi connectivity index (χ3n) is 6.65. The highest BCUT2D eigenvalue weighted by atomic mass is 32.2. The van der Waals surface area contributed by atoms with E-state index in [0.29, 0.717) is 24.3 Å². The molecule has 10 heteroatoms. The van der Waals surface area contributed by atoms with E-state index in [4.69, 9.17) is 0 Å². The Morgan fingerprint density at radius 3 is 2.44 bits per heavy atom. The lowest BCUT2D eigenvalue weighted by Crippen LogP contribution is -2.46. The fourth-order valence-electron chi connectivity index (χ4n) is 4.52. The molecule has 1 aromatic carbocycles. The van der Waals surface area contributed by atoms with Gasteiger partial charge in [0.2, 0.25) is 15.9 Å². The zero-order valence-electron chi connectivity index (χ0n) is 18.5. The number of amides is 4. The number of anilines is 1. The average molecular weight is 463 g/mol. The van der Waals surface area contributed by atoms with Gasteiger partial charge < -0.3 is 10.6 Å². The molecule has 2 N–H and O–H groups in total. The van der Waals surface area contributed by atoms with Crippen molar-refractivity contribution in [1.29, 1.82) is 0 Å². The summed E-state index contributed by atoms with van der Waals surface area (Å²) in [7, 11) is -3.68. The molecule has 32 heavy (non-hydrogen) atoms. The zero-order chi connectivity index (χ0) is 23.1. The summed E-state index contributed by atoms with van der Waals surface area (Å²) in [5.74, 6) is -0.847. The lowest BCUT2D eigenvalue weighted by molar-refractivity contribution is -0.134. The highest BCUT2D eigenvalue weighted by molar-refractivity contribution is 7.89. The molecule has 1 atom stereocenters. The summed E-state index contributed by atoms with van der Waals surface area (Å²) in [6, 6.07) is 4.15. The highest BCUT2D eigenvalue weighted by Crippen LogP contribution is 2.42. The summed E-state index contributed by atoms with van der Waals surface area (Å²) >= 11 is 0. The fraction of sp³-hybridized carbons (Fsp3) is 0.591. The largest absolute Gasteiger partial charge is 0.325 e. The minimum absolute atomic E-state index is 0.107. The molecule has 174 valence electrons. The van der Waals surface area contributed by atoms with Crippen LogP contribution in [0.3, 0.4) is 0 Å². The van der Waals surface area contributed by atoms with Crippen LogP contribution < -0.4 is 10.6 Å². The molecule has 9 nitrogen and oxygen atoms in total. The van der Waals surface area contributed by atoms with E-state index in [1.54, 1.807) is 26.0 Å². The van der Waals surface area contributed by atoms with Crippen molar-refractivity contribution in [3.63, 3.8) is 0 Å². The molecule has 1 saturated carbocycles. The monoisotopic (exact) mass is 462 g/mol. The Hall–Kier alpha value is -2.46. The highest BCUT2D eigenvalue weighted by Gasteiger charge is 2.56. The predicted octanol–water partition coefficient (Wildman–Crippen LogP) is 2.22. The molecule has 2 heterocycles.